The highest BCUT2D eigenvalue weighted by molar-refractivity contribution is 6.37. The summed E-state index contributed by atoms with van der Waals surface area (Å²) in [4.78, 5) is 10.6. The van der Waals surface area contributed by atoms with Gasteiger partial charge in [-0.3, -0.25) is 4.57 Å². The van der Waals surface area contributed by atoms with Crippen LogP contribution in [0.1, 0.15) is 0 Å². The lowest BCUT2D eigenvalue weighted by Crippen LogP contribution is -2.04. The predicted octanol–water partition coefficient (Wildman–Crippen LogP) is 11.2. The molecule has 0 atom stereocenters. The van der Waals surface area contributed by atoms with Crippen molar-refractivity contribution >= 4 is 54.4 Å². The minimum absolute atomic E-state index is 0.651. The van der Waals surface area contributed by atoms with Crippen molar-refractivity contribution in [1.29, 1.82) is 0 Å². The number of para-hydroxylation sites is 3. The normalized spacial score (nSPS) is 11.8. The van der Waals surface area contributed by atoms with E-state index in [0.717, 1.165) is 44.6 Å². The van der Waals surface area contributed by atoms with Gasteiger partial charge in [-0.05, 0) is 30.3 Å². The first-order chi connectivity index (χ1) is 23.8. The second-order valence-electron chi connectivity index (χ2n) is 12.2. The average molecular weight is 613 g/mol. The summed E-state index contributed by atoms with van der Waals surface area (Å²) in [6.45, 7) is 0. The highest BCUT2D eigenvalue weighted by Crippen LogP contribution is 2.46. The van der Waals surface area contributed by atoms with E-state index < -0.39 is 0 Å². The summed E-state index contributed by atoms with van der Waals surface area (Å²) in [6.07, 6.45) is 0. The van der Waals surface area contributed by atoms with Gasteiger partial charge in [0.2, 0.25) is 5.95 Å². The van der Waals surface area contributed by atoms with Crippen molar-refractivity contribution in [3.05, 3.63) is 170 Å². The van der Waals surface area contributed by atoms with Gasteiger partial charge in [0, 0.05) is 49.1 Å². The Labute approximate surface area is 276 Å². The number of hydrogen-bond donors (Lipinski definition) is 0. The van der Waals surface area contributed by atoms with Gasteiger partial charge < -0.3 is 4.57 Å². The first-order valence-corrected chi connectivity index (χ1v) is 16.3. The largest absolute Gasteiger partial charge is 0.309 e. The Kier molecular flexibility index (Phi) is 5.84. The summed E-state index contributed by atoms with van der Waals surface area (Å²) in [5.74, 6) is 0.651. The fraction of sp³-hybridized carbons (Fsp3) is 0. The zero-order valence-corrected chi connectivity index (χ0v) is 26.0. The molecule has 0 aliphatic carbocycles. The van der Waals surface area contributed by atoms with E-state index in [1.807, 2.05) is 12.1 Å². The zero-order valence-electron chi connectivity index (χ0n) is 26.0. The molecule has 224 valence electrons. The highest BCUT2D eigenvalue weighted by atomic mass is 15.2. The van der Waals surface area contributed by atoms with Crippen molar-refractivity contribution in [3.8, 4) is 34.2 Å². The molecule has 10 aromatic rings. The van der Waals surface area contributed by atoms with E-state index in [-0.39, 0.29) is 0 Å². The number of benzene rings is 7. The molecule has 0 radical (unpaired) electrons. The number of aromatic nitrogens is 4. The summed E-state index contributed by atoms with van der Waals surface area (Å²) >= 11 is 0. The molecular formula is C44H28N4. The van der Waals surface area contributed by atoms with Gasteiger partial charge in [-0.15, -0.1) is 0 Å². The second-order valence-corrected chi connectivity index (χ2v) is 12.2. The molecule has 0 saturated heterocycles. The highest BCUT2D eigenvalue weighted by Gasteiger charge is 2.25. The van der Waals surface area contributed by atoms with Crippen LogP contribution in [-0.4, -0.2) is 19.1 Å². The molecule has 4 nitrogen and oxygen atoms in total. The van der Waals surface area contributed by atoms with E-state index in [2.05, 4.69) is 167 Å². The van der Waals surface area contributed by atoms with Crippen LogP contribution in [-0.2, 0) is 0 Å². The lowest BCUT2D eigenvalue weighted by atomic mass is 9.99. The molecule has 0 unspecified atom stereocenters. The Balaban J connectivity index is 1.43. The minimum atomic E-state index is 0.651. The van der Waals surface area contributed by atoms with Crippen LogP contribution in [0.15, 0.2) is 170 Å². The van der Waals surface area contributed by atoms with E-state index in [1.165, 1.54) is 38.0 Å². The lowest BCUT2D eigenvalue weighted by molar-refractivity contribution is 0.998. The molecule has 0 aliphatic rings. The smallest absolute Gasteiger partial charge is 0.235 e. The van der Waals surface area contributed by atoms with Crippen molar-refractivity contribution in [2.75, 3.05) is 0 Å². The van der Waals surface area contributed by atoms with E-state index in [4.69, 9.17) is 9.97 Å². The molecule has 10 rings (SSSR count). The fourth-order valence-electron chi connectivity index (χ4n) is 7.49. The standard InChI is InChI=1S/C44H28N4/c1-4-16-29(17-5-1)36-28-37(30-18-6-2-7-19-30)46-44(45-36)48-39-27-15-13-25-35(39)41-40-34-24-12-14-26-38(34)47(31-20-8-3-9-21-31)42(40)32-22-10-11-23-33(32)43(41)48/h1-28H. The van der Waals surface area contributed by atoms with Crippen molar-refractivity contribution < 1.29 is 0 Å². The summed E-state index contributed by atoms with van der Waals surface area (Å²) in [6, 6.07) is 59.9. The Morgan fingerprint density at radius 3 is 1.27 bits per heavy atom. The predicted molar refractivity (Wildman–Crippen MR) is 199 cm³/mol. The molecule has 0 spiro atoms. The summed E-state index contributed by atoms with van der Waals surface area (Å²) in [5.41, 5.74) is 9.59. The monoisotopic (exact) mass is 612 g/mol. The Morgan fingerprint density at radius 1 is 0.354 bits per heavy atom. The van der Waals surface area contributed by atoms with Crippen LogP contribution in [0.25, 0.3) is 88.5 Å². The number of fused-ring (bicyclic) bond motifs is 10. The quantitative estimate of drug-likeness (QED) is 0.198. The molecule has 0 amide bonds. The van der Waals surface area contributed by atoms with Crippen LogP contribution in [0.5, 0.6) is 0 Å². The van der Waals surface area contributed by atoms with Crippen molar-refractivity contribution in [1.82, 2.24) is 19.1 Å². The fourth-order valence-corrected chi connectivity index (χ4v) is 7.49. The first kappa shape index (κ1) is 26.7. The van der Waals surface area contributed by atoms with Crippen molar-refractivity contribution in [3.63, 3.8) is 0 Å². The van der Waals surface area contributed by atoms with E-state index in [1.54, 1.807) is 0 Å². The van der Waals surface area contributed by atoms with Gasteiger partial charge in [-0.25, -0.2) is 9.97 Å². The van der Waals surface area contributed by atoms with Crippen LogP contribution in [0.4, 0.5) is 0 Å². The lowest BCUT2D eigenvalue weighted by Gasteiger charge is -2.14. The summed E-state index contributed by atoms with van der Waals surface area (Å²) in [5, 5.41) is 7.19. The van der Waals surface area contributed by atoms with E-state index >= 15 is 0 Å². The maximum atomic E-state index is 5.32. The van der Waals surface area contributed by atoms with Gasteiger partial charge >= 0.3 is 0 Å². The SMILES string of the molecule is c1ccc(-c2cc(-c3ccccc3)nc(-n3c4ccccc4c4c5c6ccccc6n(-c6ccccc6)c5c5ccccc5c43)n2)cc1. The van der Waals surface area contributed by atoms with Crippen LogP contribution >= 0.6 is 0 Å². The molecule has 0 saturated carbocycles. The summed E-state index contributed by atoms with van der Waals surface area (Å²) < 4.78 is 4.72. The molecule has 4 heteroatoms. The average Bonchev–Trinajstić information content (AvgIpc) is 3.70. The maximum absolute atomic E-state index is 5.32. The molecule has 0 N–H and O–H groups in total. The third-order valence-corrected chi connectivity index (χ3v) is 9.50. The topological polar surface area (TPSA) is 35.6 Å². The third kappa shape index (κ3) is 3.90. The Hall–Kier alpha value is -6.52. The second kappa shape index (κ2) is 10.5. The van der Waals surface area contributed by atoms with E-state index in [9.17, 15) is 0 Å². The molecule has 0 bridgehead atoms. The van der Waals surface area contributed by atoms with Gasteiger partial charge in [-0.2, -0.15) is 0 Å². The van der Waals surface area contributed by atoms with Crippen LogP contribution < -0.4 is 0 Å². The third-order valence-electron chi connectivity index (χ3n) is 9.50. The molecule has 48 heavy (non-hydrogen) atoms. The molecule has 0 fully saturated rings. The van der Waals surface area contributed by atoms with Crippen LogP contribution in [0.3, 0.4) is 0 Å². The summed E-state index contributed by atoms with van der Waals surface area (Å²) in [7, 11) is 0. The van der Waals surface area contributed by atoms with Gasteiger partial charge in [-0.1, -0.05) is 140 Å². The molecule has 3 heterocycles. The van der Waals surface area contributed by atoms with Gasteiger partial charge in [0.15, 0.2) is 0 Å². The van der Waals surface area contributed by atoms with Gasteiger partial charge in [0.25, 0.3) is 0 Å². The maximum Gasteiger partial charge on any atom is 0.235 e. The zero-order chi connectivity index (χ0) is 31.6. The van der Waals surface area contributed by atoms with Crippen LogP contribution in [0, 0.1) is 0 Å². The van der Waals surface area contributed by atoms with Crippen molar-refractivity contribution in [2.24, 2.45) is 0 Å². The van der Waals surface area contributed by atoms with Gasteiger partial charge in [0.1, 0.15) is 0 Å². The minimum Gasteiger partial charge on any atom is -0.309 e. The molecule has 3 aromatic heterocycles. The number of rotatable bonds is 4. The van der Waals surface area contributed by atoms with Crippen LogP contribution in [0.2, 0.25) is 0 Å². The first-order valence-electron chi connectivity index (χ1n) is 16.3. The van der Waals surface area contributed by atoms with Gasteiger partial charge in [0.05, 0.1) is 33.5 Å². The Bertz CT molecular complexity index is 2760. The molecule has 0 aliphatic heterocycles. The molecular weight excluding hydrogens is 585 g/mol. The Morgan fingerprint density at radius 2 is 0.750 bits per heavy atom. The number of nitrogens with zero attached hydrogens (tertiary/aromatic N) is 4. The van der Waals surface area contributed by atoms with Crippen molar-refractivity contribution in [2.45, 2.75) is 0 Å². The van der Waals surface area contributed by atoms with E-state index in [0.29, 0.717) is 5.95 Å². The number of hydrogen-bond acceptors (Lipinski definition) is 2. The molecule has 7 aromatic carbocycles.